The summed E-state index contributed by atoms with van der Waals surface area (Å²) in [7, 11) is 1.61. The summed E-state index contributed by atoms with van der Waals surface area (Å²) in [5.74, 6) is 0.509. The molecule has 1 heterocycles. The van der Waals surface area contributed by atoms with E-state index in [0.29, 0.717) is 11.3 Å². The number of hydrogen-bond acceptors (Lipinski definition) is 4. The third-order valence-electron chi connectivity index (χ3n) is 4.78. The number of fused-ring (bicyclic) bond motifs is 1. The van der Waals surface area contributed by atoms with E-state index in [1.54, 1.807) is 24.2 Å². The average Bonchev–Trinajstić information content (AvgIpc) is 3.28. The molecule has 2 unspecified atom stereocenters. The van der Waals surface area contributed by atoms with Gasteiger partial charge in [-0.25, -0.2) is 4.68 Å². The highest BCUT2D eigenvalue weighted by atomic mass is 16.5. The molecule has 0 aliphatic heterocycles. The molecule has 1 aromatic heterocycles. The molecule has 0 bridgehead atoms. The first kappa shape index (κ1) is 16.4. The summed E-state index contributed by atoms with van der Waals surface area (Å²) in [6.07, 6.45) is 3.99. The highest BCUT2D eigenvalue weighted by molar-refractivity contribution is 5.94. The first-order valence-electron chi connectivity index (χ1n) is 8.49. The summed E-state index contributed by atoms with van der Waals surface area (Å²) >= 11 is 0. The molecule has 0 saturated heterocycles. The number of carbonyl (C=O) groups excluding carboxylic acids is 1. The van der Waals surface area contributed by atoms with Gasteiger partial charge in [0.2, 0.25) is 0 Å². The fourth-order valence-corrected chi connectivity index (χ4v) is 3.41. The van der Waals surface area contributed by atoms with Crippen LogP contribution in [0.2, 0.25) is 0 Å². The van der Waals surface area contributed by atoms with E-state index >= 15 is 0 Å². The van der Waals surface area contributed by atoms with E-state index < -0.39 is 0 Å². The normalized spacial score (nSPS) is 18.4. The third-order valence-corrected chi connectivity index (χ3v) is 4.78. The van der Waals surface area contributed by atoms with Crippen molar-refractivity contribution < 1.29 is 9.53 Å². The second-order valence-corrected chi connectivity index (χ2v) is 6.35. The van der Waals surface area contributed by atoms with Gasteiger partial charge in [-0.15, -0.1) is 0 Å². The molecule has 3 N–H and O–H groups in total. The van der Waals surface area contributed by atoms with Crippen LogP contribution in [0.5, 0.6) is 5.75 Å². The number of nitrogens with one attached hydrogen (secondary N) is 1. The van der Waals surface area contributed by atoms with Gasteiger partial charge in [0.05, 0.1) is 31.0 Å². The predicted molar refractivity (Wildman–Crippen MR) is 98.4 cm³/mol. The summed E-state index contributed by atoms with van der Waals surface area (Å²) in [5.41, 5.74) is 9.85. The minimum atomic E-state index is -0.195. The maximum Gasteiger partial charge on any atom is 0.254 e. The molecule has 26 heavy (non-hydrogen) atoms. The molecule has 0 radical (unpaired) electrons. The molecular weight excluding hydrogens is 328 g/mol. The third kappa shape index (κ3) is 2.84. The van der Waals surface area contributed by atoms with Crippen molar-refractivity contribution in [3.05, 3.63) is 77.6 Å². The zero-order valence-electron chi connectivity index (χ0n) is 14.4. The molecule has 6 heteroatoms. The molecule has 6 nitrogen and oxygen atoms in total. The Hall–Kier alpha value is -3.12. The van der Waals surface area contributed by atoms with Crippen molar-refractivity contribution in [1.29, 1.82) is 0 Å². The predicted octanol–water partition coefficient (Wildman–Crippen LogP) is 2.24. The van der Waals surface area contributed by atoms with Crippen LogP contribution < -0.4 is 15.8 Å². The van der Waals surface area contributed by atoms with Crippen LogP contribution in [0.4, 0.5) is 0 Å². The van der Waals surface area contributed by atoms with Gasteiger partial charge in [-0.3, -0.25) is 4.79 Å². The van der Waals surface area contributed by atoms with Crippen LogP contribution in [0.3, 0.4) is 0 Å². The van der Waals surface area contributed by atoms with E-state index in [1.807, 2.05) is 42.5 Å². The van der Waals surface area contributed by atoms with Crippen molar-refractivity contribution in [3.63, 3.8) is 0 Å². The van der Waals surface area contributed by atoms with Crippen LogP contribution in [0.1, 0.15) is 27.5 Å². The number of amides is 1. The van der Waals surface area contributed by atoms with Gasteiger partial charge >= 0.3 is 0 Å². The largest absolute Gasteiger partial charge is 0.494 e. The van der Waals surface area contributed by atoms with Crippen LogP contribution in [-0.2, 0) is 6.42 Å². The maximum atomic E-state index is 12.6. The molecule has 2 atom stereocenters. The number of hydrogen-bond donors (Lipinski definition) is 2. The minimum absolute atomic E-state index is 0.116. The number of carbonyl (C=O) groups is 1. The molecule has 2 aromatic carbocycles. The second-order valence-electron chi connectivity index (χ2n) is 6.35. The Balaban J connectivity index is 1.51. The number of ether oxygens (including phenoxy) is 1. The van der Waals surface area contributed by atoms with E-state index in [4.69, 9.17) is 10.5 Å². The Morgan fingerprint density at radius 3 is 2.81 bits per heavy atom. The number of aromatic nitrogens is 2. The monoisotopic (exact) mass is 348 g/mol. The number of benzene rings is 2. The SMILES string of the molecule is COc1ccccc1-n1cc(C(=O)NC2Cc3ccccc3C2N)cn1. The number of nitrogens with zero attached hydrogens (tertiary/aromatic N) is 2. The van der Waals surface area contributed by atoms with Crippen LogP contribution in [0.25, 0.3) is 5.69 Å². The lowest BCUT2D eigenvalue weighted by Gasteiger charge is -2.17. The van der Waals surface area contributed by atoms with Crippen molar-refractivity contribution in [2.24, 2.45) is 5.73 Å². The molecule has 132 valence electrons. The standard InChI is InChI=1S/C20H20N4O2/c1-26-18-9-5-4-8-17(18)24-12-14(11-22-24)20(25)23-16-10-13-6-2-3-7-15(13)19(16)21/h2-9,11-12,16,19H,10,21H2,1H3,(H,23,25). The number of para-hydroxylation sites is 2. The van der Waals surface area contributed by atoms with Crippen molar-refractivity contribution in [2.75, 3.05) is 7.11 Å². The van der Waals surface area contributed by atoms with Crippen LogP contribution >= 0.6 is 0 Å². The molecule has 0 saturated carbocycles. The zero-order valence-corrected chi connectivity index (χ0v) is 14.4. The zero-order chi connectivity index (χ0) is 18.1. The summed E-state index contributed by atoms with van der Waals surface area (Å²) in [4.78, 5) is 12.6. The van der Waals surface area contributed by atoms with Crippen molar-refractivity contribution in [3.8, 4) is 11.4 Å². The fourth-order valence-electron chi connectivity index (χ4n) is 3.41. The first-order valence-corrected chi connectivity index (χ1v) is 8.49. The molecular formula is C20H20N4O2. The summed E-state index contributed by atoms with van der Waals surface area (Å²) in [5, 5.41) is 7.33. The molecule has 0 fully saturated rings. The summed E-state index contributed by atoms with van der Waals surface area (Å²) in [6.45, 7) is 0. The number of rotatable bonds is 4. The highest BCUT2D eigenvalue weighted by Gasteiger charge is 2.30. The van der Waals surface area contributed by atoms with E-state index in [2.05, 4.69) is 16.5 Å². The molecule has 4 rings (SSSR count). The topological polar surface area (TPSA) is 82.2 Å². The van der Waals surface area contributed by atoms with Crippen LogP contribution in [0, 0.1) is 0 Å². The van der Waals surface area contributed by atoms with Gasteiger partial charge in [0, 0.05) is 6.20 Å². The quantitative estimate of drug-likeness (QED) is 0.757. The lowest BCUT2D eigenvalue weighted by molar-refractivity contribution is 0.0933. The lowest BCUT2D eigenvalue weighted by Crippen LogP contribution is -2.40. The van der Waals surface area contributed by atoms with Gasteiger partial charge in [-0.1, -0.05) is 36.4 Å². The summed E-state index contributed by atoms with van der Waals surface area (Å²) in [6, 6.07) is 15.3. The van der Waals surface area contributed by atoms with E-state index in [-0.39, 0.29) is 18.0 Å². The number of nitrogens with two attached hydrogens (primary N) is 1. The Morgan fingerprint density at radius 1 is 1.23 bits per heavy atom. The maximum absolute atomic E-state index is 12.6. The lowest BCUT2D eigenvalue weighted by atomic mass is 10.1. The molecule has 1 aliphatic rings. The van der Waals surface area contributed by atoms with Gasteiger partial charge in [0.1, 0.15) is 11.4 Å². The molecule has 1 amide bonds. The smallest absolute Gasteiger partial charge is 0.254 e. The highest BCUT2D eigenvalue weighted by Crippen LogP contribution is 2.29. The first-order chi connectivity index (χ1) is 12.7. The van der Waals surface area contributed by atoms with Gasteiger partial charge < -0.3 is 15.8 Å². The Morgan fingerprint density at radius 2 is 2.00 bits per heavy atom. The number of methoxy groups -OCH3 is 1. The Labute approximate surface area is 151 Å². The minimum Gasteiger partial charge on any atom is -0.494 e. The molecule has 0 spiro atoms. The molecule has 3 aromatic rings. The molecule has 1 aliphatic carbocycles. The van der Waals surface area contributed by atoms with E-state index in [9.17, 15) is 4.79 Å². The fraction of sp³-hybridized carbons (Fsp3) is 0.200. The van der Waals surface area contributed by atoms with Crippen molar-refractivity contribution in [2.45, 2.75) is 18.5 Å². The second kappa shape index (κ2) is 6.65. The van der Waals surface area contributed by atoms with Crippen LogP contribution in [0.15, 0.2) is 60.9 Å². The Kier molecular flexibility index (Phi) is 4.18. The Bertz CT molecular complexity index is 950. The van der Waals surface area contributed by atoms with Gasteiger partial charge in [-0.2, -0.15) is 5.10 Å². The van der Waals surface area contributed by atoms with E-state index in [1.165, 1.54) is 5.56 Å². The van der Waals surface area contributed by atoms with Crippen LogP contribution in [-0.4, -0.2) is 28.8 Å². The van der Waals surface area contributed by atoms with Crippen molar-refractivity contribution >= 4 is 5.91 Å². The van der Waals surface area contributed by atoms with Gasteiger partial charge in [-0.05, 0) is 29.7 Å². The summed E-state index contributed by atoms with van der Waals surface area (Å²) < 4.78 is 6.99. The van der Waals surface area contributed by atoms with E-state index in [0.717, 1.165) is 17.7 Å². The van der Waals surface area contributed by atoms with Gasteiger partial charge in [0.25, 0.3) is 5.91 Å². The average molecular weight is 348 g/mol. The van der Waals surface area contributed by atoms with Crippen molar-refractivity contribution in [1.82, 2.24) is 15.1 Å². The van der Waals surface area contributed by atoms with Gasteiger partial charge in [0.15, 0.2) is 0 Å².